The number of aromatic nitrogens is 2. The Kier molecular flexibility index (Phi) is 3.18. The Labute approximate surface area is 135 Å². The first-order valence-electron chi connectivity index (χ1n) is 5.91. The Morgan fingerprint density at radius 2 is 1.95 bits per heavy atom. The number of benzene rings is 1. The fourth-order valence-corrected chi connectivity index (χ4v) is 6.11. The summed E-state index contributed by atoms with van der Waals surface area (Å²) in [5, 5.41) is 2.09. The molecule has 0 spiro atoms. The molecule has 4 aromatic rings. The van der Waals surface area contributed by atoms with Gasteiger partial charge in [-0.25, -0.2) is 0 Å². The second-order valence-corrected chi connectivity index (χ2v) is 9.16. The van der Waals surface area contributed by atoms with E-state index in [1.807, 2.05) is 6.07 Å². The summed E-state index contributed by atoms with van der Waals surface area (Å²) in [5.41, 5.74) is 3.22. The lowest BCUT2D eigenvalue weighted by molar-refractivity contribution is 1.64. The van der Waals surface area contributed by atoms with Crippen LogP contribution in [0, 0.1) is 0 Å². The molecule has 0 saturated carbocycles. The van der Waals surface area contributed by atoms with Crippen LogP contribution in [0.15, 0.2) is 51.6 Å². The Morgan fingerprint density at radius 1 is 1.00 bits per heavy atom. The molecule has 6 heteroatoms. The van der Waals surface area contributed by atoms with Gasteiger partial charge < -0.3 is 0 Å². The van der Waals surface area contributed by atoms with Gasteiger partial charge in [0.25, 0.3) is 15.1 Å². The topological polar surface area (TPSA) is 25.8 Å². The summed E-state index contributed by atoms with van der Waals surface area (Å²) in [6, 6.07) is 14.6. The third kappa shape index (κ3) is 2.13. The molecule has 0 aliphatic rings. The van der Waals surface area contributed by atoms with Gasteiger partial charge in [-0.3, -0.25) is 0 Å². The van der Waals surface area contributed by atoms with E-state index in [0.717, 1.165) is 14.8 Å². The highest BCUT2D eigenvalue weighted by Gasteiger charge is 2.22. The van der Waals surface area contributed by atoms with E-state index in [2.05, 4.69) is 57.7 Å². The molecule has 0 aliphatic heterocycles. The van der Waals surface area contributed by atoms with Crippen molar-refractivity contribution in [2.45, 2.75) is 0 Å². The third-order valence-electron chi connectivity index (χ3n) is 2.89. The van der Waals surface area contributed by atoms with E-state index >= 15 is 0 Å². The molecular formula is C14H8BrN2S3+. The molecule has 0 aliphatic carbocycles. The van der Waals surface area contributed by atoms with Gasteiger partial charge in [0, 0.05) is 16.5 Å². The summed E-state index contributed by atoms with van der Waals surface area (Å²) in [5.74, 6) is 0. The Balaban J connectivity index is 1.93. The smallest absolute Gasteiger partial charge is 0.144 e. The molecule has 0 N–H and O–H groups in total. The summed E-state index contributed by atoms with van der Waals surface area (Å²) in [4.78, 5) is 1.25. The molecule has 2 nitrogen and oxygen atoms in total. The van der Waals surface area contributed by atoms with Crippen LogP contribution in [0.4, 0.5) is 0 Å². The maximum Gasteiger partial charge on any atom is 0.285 e. The minimum absolute atomic E-state index is 0.395. The van der Waals surface area contributed by atoms with Crippen LogP contribution < -0.4 is 0 Å². The minimum atomic E-state index is -0.395. The van der Waals surface area contributed by atoms with E-state index in [4.69, 9.17) is 8.75 Å². The Morgan fingerprint density at radius 3 is 2.70 bits per heavy atom. The lowest BCUT2D eigenvalue weighted by Gasteiger charge is -1.94. The number of fused-ring (bicyclic) bond motifs is 1. The SMILES string of the molecule is Brc1ccc(-[s+]2nc3cccc(-c4cccs4)c3n2)s1. The first-order chi connectivity index (χ1) is 9.81. The average Bonchev–Trinajstić information content (AvgIpc) is 3.17. The number of nitrogens with zero attached hydrogens (tertiary/aromatic N) is 2. The molecule has 4 rings (SSSR count). The predicted octanol–water partition coefficient (Wildman–Crippen LogP) is 5.92. The summed E-state index contributed by atoms with van der Waals surface area (Å²) < 4.78 is 11.9. The van der Waals surface area contributed by atoms with Gasteiger partial charge in [0.05, 0.1) is 3.79 Å². The van der Waals surface area contributed by atoms with Crippen LogP contribution in [-0.2, 0) is 0 Å². The van der Waals surface area contributed by atoms with E-state index in [1.165, 1.54) is 14.6 Å². The Bertz CT molecular complexity index is 877. The second kappa shape index (κ2) is 5.04. The molecule has 1 aromatic carbocycles. The summed E-state index contributed by atoms with van der Waals surface area (Å²) in [6.07, 6.45) is 0. The highest BCUT2D eigenvalue weighted by atomic mass is 79.9. The first-order valence-corrected chi connectivity index (χ1v) is 9.54. The van der Waals surface area contributed by atoms with Gasteiger partial charge in [-0.15, -0.1) is 11.3 Å². The van der Waals surface area contributed by atoms with Gasteiger partial charge in [0.2, 0.25) is 0 Å². The van der Waals surface area contributed by atoms with Crippen molar-refractivity contribution in [3.05, 3.63) is 51.6 Å². The van der Waals surface area contributed by atoms with Gasteiger partial charge in [-0.2, -0.15) is 0 Å². The van der Waals surface area contributed by atoms with Crippen molar-refractivity contribution in [3.8, 4) is 14.6 Å². The quantitative estimate of drug-likeness (QED) is 0.404. The summed E-state index contributed by atoms with van der Waals surface area (Å²) in [7, 11) is -0.395. The molecule has 3 aromatic heterocycles. The third-order valence-corrected chi connectivity index (χ3v) is 7.13. The summed E-state index contributed by atoms with van der Waals surface area (Å²) >= 11 is 6.94. The van der Waals surface area contributed by atoms with Crippen LogP contribution in [0.25, 0.3) is 25.7 Å². The highest BCUT2D eigenvalue weighted by Crippen LogP contribution is 2.39. The minimum Gasteiger partial charge on any atom is -0.144 e. The molecule has 98 valence electrons. The van der Waals surface area contributed by atoms with Crippen LogP contribution in [0.3, 0.4) is 0 Å². The molecule has 0 saturated heterocycles. The molecule has 3 heterocycles. The zero-order chi connectivity index (χ0) is 13.5. The van der Waals surface area contributed by atoms with Crippen molar-refractivity contribution in [1.82, 2.24) is 8.75 Å². The lowest BCUT2D eigenvalue weighted by Crippen LogP contribution is -1.75. The van der Waals surface area contributed by atoms with Gasteiger partial charge >= 0.3 is 0 Å². The zero-order valence-corrected chi connectivity index (χ0v) is 14.2. The van der Waals surface area contributed by atoms with Crippen molar-refractivity contribution in [2.75, 3.05) is 0 Å². The van der Waals surface area contributed by atoms with Crippen LogP contribution in [0.1, 0.15) is 0 Å². The summed E-state index contributed by atoms with van der Waals surface area (Å²) in [6.45, 7) is 0. The maximum atomic E-state index is 4.85. The van der Waals surface area contributed by atoms with Crippen molar-refractivity contribution < 1.29 is 0 Å². The zero-order valence-electron chi connectivity index (χ0n) is 10.1. The van der Waals surface area contributed by atoms with Crippen molar-refractivity contribution in [3.63, 3.8) is 0 Å². The molecule has 0 amide bonds. The maximum absolute atomic E-state index is 4.85. The molecule has 20 heavy (non-hydrogen) atoms. The van der Waals surface area contributed by atoms with Crippen molar-refractivity contribution in [1.29, 1.82) is 0 Å². The van der Waals surface area contributed by atoms with Crippen LogP contribution >= 0.6 is 49.5 Å². The number of hydrogen-bond donors (Lipinski definition) is 0. The first kappa shape index (κ1) is 12.6. The van der Waals surface area contributed by atoms with Crippen LogP contribution in [0.5, 0.6) is 0 Å². The van der Waals surface area contributed by atoms with Gasteiger partial charge in [-0.05, 0) is 48.3 Å². The molecule has 0 bridgehead atoms. The van der Waals surface area contributed by atoms with Crippen molar-refractivity contribution in [2.24, 2.45) is 0 Å². The van der Waals surface area contributed by atoms with E-state index in [9.17, 15) is 0 Å². The standard InChI is InChI=1S/C14H8BrN2S3/c15-12-6-7-13(19-12)20-16-10-4-1-3-9(14(10)17-20)11-5-2-8-18-11/h1-8H/q+1. The number of hydrogen-bond acceptors (Lipinski definition) is 4. The van der Waals surface area contributed by atoms with Crippen LogP contribution in [-0.4, -0.2) is 8.75 Å². The second-order valence-electron chi connectivity index (χ2n) is 4.16. The van der Waals surface area contributed by atoms with E-state index in [-0.39, 0.29) is 0 Å². The van der Waals surface area contributed by atoms with Gasteiger partial charge in [0.1, 0.15) is 0 Å². The fourth-order valence-electron chi connectivity index (χ4n) is 2.02. The average molecular weight is 380 g/mol. The van der Waals surface area contributed by atoms with Gasteiger partial charge in [0.15, 0.2) is 11.0 Å². The van der Waals surface area contributed by atoms with E-state index < -0.39 is 10.9 Å². The fraction of sp³-hybridized carbons (Fsp3) is 0. The number of rotatable bonds is 2. The van der Waals surface area contributed by atoms with E-state index in [1.54, 1.807) is 22.7 Å². The normalized spacial score (nSPS) is 12.2. The van der Waals surface area contributed by atoms with Gasteiger partial charge in [-0.1, -0.05) is 29.5 Å². The predicted molar refractivity (Wildman–Crippen MR) is 92.2 cm³/mol. The molecule has 0 radical (unpaired) electrons. The number of halogens is 1. The molecule has 1 atom stereocenters. The molecular weight excluding hydrogens is 372 g/mol. The van der Waals surface area contributed by atoms with Crippen molar-refractivity contribution >= 4 is 60.5 Å². The Hall–Kier alpha value is -1.08. The van der Waals surface area contributed by atoms with E-state index in [0.29, 0.717) is 0 Å². The lowest BCUT2D eigenvalue weighted by atomic mass is 10.1. The van der Waals surface area contributed by atoms with Crippen LogP contribution in [0.2, 0.25) is 0 Å². The molecule has 1 unspecified atom stereocenters. The highest BCUT2D eigenvalue weighted by molar-refractivity contribution is 9.11. The monoisotopic (exact) mass is 379 g/mol. The number of thiophene rings is 2. The molecule has 0 fully saturated rings. The largest absolute Gasteiger partial charge is 0.285 e.